The molecule has 0 fully saturated rings. The number of aryl methyl sites for hydroxylation is 2. The number of benzene rings is 9. The van der Waals surface area contributed by atoms with Crippen molar-refractivity contribution in [3.8, 4) is 33.4 Å². The number of hydrogen-bond donors (Lipinski definition) is 0. The average molecular weight is 836 g/mol. The molecular formula is C64H53N. The highest BCUT2D eigenvalue weighted by molar-refractivity contribution is 5.97. The Bertz CT molecular complexity index is 3260. The first-order valence-electron chi connectivity index (χ1n) is 23.5. The summed E-state index contributed by atoms with van der Waals surface area (Å²) in [6.45, 7) is 11.5. The molecule has 1 nitrogen and oxygen atoms in total. The Morgan fingerprint density at radius 1 is 0.338 bits per heavy atom. The summed E-state index contributed by atoms with van der Waals surface area (Å²) in [5, 5.41) is 0. The zero-order valence-electron chi connectivity index (χ0n) is 38.0. The van der Waals surface area contributed by atoms with Gasteiger partial charge in [-0.1, -0.05) is 204 Å². The summed E-state index contributed by atoms with van der Waals surface area (Å²) in [6.07, 6.45) is 1.98. The molecule has 3 aliphatic rings. The Hall–Kier alpha value is -7.22. The fraction of sp³-hybridized carbons (Fsp3) is 0.156. The van der Waals surface area contributed by atoms with Crippen molar-refractivity contribution in [2.75, 3.05) is 4.90 Å². The van der Waals surface area contributed by atoms with Crippen LogP contribution in [0.5, 0.6) is 0 Å². The minimum absolute atomic E-state index is 0.0440. The van der Waals surface area contributed by atoms with Gasteiger partial charge in [-0.15, -0.1) is 0 Å². The van der Waals surface area contributed by atoms with E-state index in [4.69, 9.17) is 0 Å². The lowest BCUT2D eigenvalue weighted by molar-refractivity contribution is 0.589. The molecule has 0 heterocycles. The quantitative estimate of drug-likeness (QED) is 0.155. The third-order valence-corrected chi connectivity index (χ3v) is 15.1. The Balaban J connectivity index is 1.12. The van der Waals surface area contributed by atoms with Gasteiger partial charge in [-0.2, -0.15) is 0 Å². The van der Waals surface area contributed by atoms with Crippen LogP contribution < -0.4 is 4.90 Å². The van der Waals surface area contributed by atoms with E-state index in [2.05, 4.69) is 246 Å². The lowest BCUT2D eigenvalue weighted by Gasteiger charge is -2.35. The average Bonchev–Trinajstić information content (AvgIpc) is 3.93. The van der Waals surface area contributed by atoms with Crippen LogP contribution in [0.1, 0.15) is 95.8 Å². The molecule has 65 heavy (non-hydrogen) atoms. The van der Waals surface area contributed by atoms with Crippen LogP contribution in [-0.4, -0.2) is 0 Å². The third kappa shape index (κ3) is 5.58. The van der Waals surface area contributed by atoms with Gasteiger partial charge in [-0.05, 0) is 149 Å². The van der Waals surface area contributed by atoms with Crippen molar-refractivity contribution in [2.45, 2.75) is 63.7 Å². The minimum atomic E-state index is -0.531. The predicted octanol–water partition coefficient (Wildman–Crippen LogP) is 16.3. The summed E-state index contributed by atoms with van der Waals surface area (Å²) in [7, 11) is 0. The maximum atomic E-state index is 2.54. The van der Waals surface area contributed by atoms with Gasteiger partial charge in [0, 0.05) is 17.1 Å². The van der Waals surface area contributed by atoms with Crippen LogP contribution in [0, 0.1) is 0 Å². The largest absolute Gasteiger partial charge is 0.310 e. The number of para-hydroxylation sites is 1. The Labute approximate surface area is 384 Å². The van der Waals surface area contributed by atoms with Gasteiger partial charge in [0.15, 0.2) is 0 Å². The molecule has 1 spiro atoms. The maximum absolute atomic E-state index is 2.54. The number of anilines is 3. The van der Waals surface area contributed by atoms with Gasteiger partial charge in [-0.3, -0.25) is 0 Å². The fourth-order valence-corrected chi connectivity index (χ4v) is 12.0. The van der Waals surface area contributed by atoms with E-state index in [9.17, 15) is 0 Å². The van der Waals surface area contributed by atoms with Gasteiger partial charge in [0.25, 0.3) is 0 Å². The SMILES string of the molecule is CCc1ccc2c(c1)C1(c3ccccc3-c3ccc(N(c4ccccc4)c4ccc5c(c4)C(c4ccccc4)(c4ccc(C(C)(C)C)cc4)c4ccccc4-5)cc31)c1cc(CC)ccc1-2. The van der Waals surface area contributed by atoms with Gasteiger partial charge in [0.1, 0.15) is 0 Å². The summed E-state index contributed by atoms with van der Waals surface area (Å²) >= 11 is 0. The highest BCUT2D eigenvalue weighted by Crippen LogP contribution is 2.64. The molecule has 0 bridgehead atoms. The highest BCUT2D eigenvalue weighted by Gasteiger charge is 2.52. The van der Waals surface area contributed by atoms with E-state index in [1.807, 2.05) is 0 Å². The summed E-state index contributed by atoms with van der Waals surface area (Å²) in [6, 6.07) is 79.0. The molecule has 0 aromatic heterocycles. The molecule has 0 saturated heterocycles. The molecule has 0 aliphatic heterocycles. The van der Waals surface area contributed by atoms with Crippen molar-refractivity contribution in [3.63, 3.8) is 0 Å². The highest BCUT2D eigenvalue weighted by atomic mass is 15.1. The van der Waals surface area contributed by atoms with Gasteiger partial charge < -0.3 is 4.90 Å². The third-order valence-electron chi connectivity index (χ3n) is 15.1. The van der Waals surface area contributed by atoms with E-state index in [1.54, 1.807) is 0 Å². The van der Waals surface area contributed by atoms with Gasteiger partial charge in [0.2, 0.25) is 0 Å². The summed E-state index contributed by atoms with van der Waals surface area (Å²) in [5.74, 6) is 0. The second kappa shape index (κ2) is 14.7. The van der Waals surface area contributed by atoms with Gasteiger partial charge in [-0.25, -0.2) is 0 Å². The number of rotatable bonds is 7. The van der Waals surface area contributed by atoms with Crippen LogP contribution in [0.25, 0.3) is 33.4 Å². The monoisotopic (exact) mass is 835 g/mol. The van der Waals surface area contributed by atoms with Crippen LogP contribution in [0.3, 0.4) is 0 Å². The fourth-order valence-electron chi connectivity index (χ4n) is 12.0. The van der Waals surface area contributed by atoms with E-state index in [0.717, 1.165) is 29.9 Å². The normalized spacial score (nSPS) is 15.8. The van der Waals surface area contributed by atoms with Crippen LogP contribution in [0.4, 0.5) is 17.1 Å². The topological polar surface area (TPSA) is 3.24 Å². The standard InChI is InChI=1S/C64H53N/c1-6-42-26-34-52-53-35-27-43(7-2)39-59(53)64(58(52)38-42)57-25-17-15-23-51(57)55-37-33-49(41-61(55)64)65(47-20-12-9-13-21-47)48-32-36-54-50-22-14-16-24-56(50)63(60(54)40-48,45-18-10-8-11-19-45)46-30-28-44(29-31-46)62(3,4)5/h8-41H,6-7H2,1-5H3. The first-order chi connectivity index (χ1) is 31.8. The van der Waals surface area contributed by atoms with Crippen molar-refractivity contribution in [2.24, 2.45) is 0 Å². The molecule has 9 aromatic rings. The molecule has 0 radical (unpaired) electrons. The Morgan fingerprint density at radius 3 is 1.25 bits per heavy atom. The molecular weight excluding hydrogens is 783 g/mol. The first-order valence-corrected chi connectivity index (χ1v) is 23.5. The minimum Gasteiger partial charge on any atom is -0.310 e. The van der Waals surface area contributed by atoms with Gasteiger partial charge >= 0.3 is 0 Å². The zero-order valence-corrected chi connectivity index (χ0v) is 38.0. The Kier molecular flexibility index (Phi) is 8.88. The molecule has 314 valence electrons. The summed E-state index contributed by atoms with van der Waals surface area (Å²) < 4.78 is 0. The van der Waals surface area contributed by atoms with E-state index in [0.29, 0.717) is 0 Å². The van der Waals surface area contributed by atoms with Crippen molar-refractivity contribution < 1.29 is 0 Å². The zero-order chi connectivity index (χ0) is 44.1. The Morgan fingerprint density at radius 2 is 0.738 bits per heavy atom. The van der Waals surface area contributed by atoms with E-state index in [1.165, 1.54) is 94.6 Å². The van der Waals surface area contributed by atoms with Crippen LogP contribution >= 0.6 is 0 Å². The molecule has 12 rings (SSSR count). The molecule has 0 saturated carbocycles. The smallest absolute Gasteiger partial charge is 0.0726 e. The molecule has 3 aliphatic carbocycles. The van der Waals surface area contributed by atoms with Crippen molar-refractivity contribution in [3.05, 3.63) is 267 Å². The van der Waals surface area contributed by atoms with Crippen molar-refractivity contribution in [1.82, 2.24) is 0 Å². The molecule has 1 heteroatoms. The van der Waals surface area contributed by atoms with Crippen LogP contribution in [0.15, 0.2) is 206 Å². The lowest BCUT2D eigenvalue weighted by atomic mass is 9.67. The van der Waals surface area contributed by atoms with E-state index >= 15 is 0 Å². The van der Waals surface area contributed by atoms with E-state index in [-0.39, 0.29) is 5.41 Å². The number of fused-ring (bicyclic) bond motifs is 13. The second-order valence-electron chi connectivity index (χ2n) is 19.4. The molecule has 0 amide bonds. The van der Waals surface area contributed by atoms with Gasteiger partial charge in [0.05, 0.1) is 10.8 Å². The van der Waals surface area contributed by atoms with Crippen molar-refractivity contribution >= 4 is 17.1 Å². The van der Waals surface area contributed by atoms with Crippen LogP contribution in [-0.2, 0) is 29.1 Å². The summed E-state index contributed by atoms with van der Waals surface area (Å²) in [5.41, 5.74) is 25.1. The van der Waals surface area contributed by atoms with E-state index < -0.39 is 10.8 Å². The first kappa shape index (κ1) is 39.4. The molecule has 1 atom stereocenters. The molecule has 1 unspecified atom stereocenters. The molecule has 0 N–H and O–H groups in total. The van der Waals surface area contributed by atoms with Crippen molar-refractivity contribution in [1.29, 1.82) is 0 Å². The molecule has 9 aromatic carbocycles. The predicted molar refractivity (Wildman–Crippen MR) is 272 cm³/mol. The number of hydrogen-bond acceptors (Lipinski definition) is 1. The number of nitrogens with zero attached hydrogens (tertiary/aromatic N) is 1. The maximum Gasteiger partial charge on any atom is 0.0726 e. The van der Waals surface area contributed by atoms with Crippen LogP contribution in [0.2, 0.25) is 0 Å². The second-order valence-corrected chi connectivity index (χ2v) is 19.4. The summed E-state index contributed by atoms with van der Waals surface area (Å²) in [4.78, 5) is 2.50. The lowest BCUT2D eigenvalue weighted by Crippen LogP contribution is -2.29.